The number of carboxylic acids is 2. The second kappa shape index (κ2) is 23.5. The van der Waals surface area contributed by atoms with Crippen LogP contribution in [0.1, 0.15) is 94.9 Å². The van der Waals surface area contributed by atoms with Crippen molar-refractivity contribution in [2.75, 3.05) is 13.1 Å². The number of hydrogen-bond donors (Lipinski definition) is 4. The number of alkyl carbamates (subject to hydrolysis) is 2. The molecule has 60 heavy (non-hydrogen) atoms. The summed E-state index contributed by atoms with van der Waals surface area (Å²) < 4.78 is 10.7. The molecule has 4 N–H and O–H groups in total. The molecule has 0 radical (unpaired) electrons. The summed E-state index contributed by atoms with van der Waals surface area (Å²) in [5, 5.41) is 22.3. The van der Waals surface area contributed by atoms with Gasteiger partial charge in [0.05, 0.1) is 12.8 Å². The highest BCUT2D eigenvalue weighted by molar-refractivity contribution is 6.02. The molecule has 0 bridgehead atoms. The highest BCUT2D eigenvalue weighted by Crippen LogP contribution is 2.42. The number of nitrogens with one attached hydrogen (secondary N) is 2. The Hall–Kier alpha value is -6.04. The van der Waals surface area contributed by atoms with Gasteiger partial charge in [0.2, 0.25) is 0 Å². The molecule has 0 heterocycles. The second-order valence-corrected chi connectivity index (χ2v) is 16.3. The number of allylic oxidation sites excluding steroid dienone is 20. The molecule has 2 amide bonds. The van der Waals surface area contributed by atoms with Gasteiger partial charge in [-0.05, 0) is 74.7 Å². The normalized spacial score (nSPS) is 20.6. The molecular formula is C48H62N2O10. The van der Waals surface area contributed by atoms with E-state index >= 15 is 0 Å². The number of Topliss-reactive ketones (excluding diaryl/α,β-unsaturated/α-hetero) is 2. The molecule has 2 aliphatic carbocycles. The highest BCUT2D eigenvalue weighted by Gasteiger charge is 2.41. The number of hydrogen-bond acceptors (Lipinski definition) is 8. The molecule has 2 aliphatic rings. The van der Waals surface area contributed by atoms with E-state index < -0.39 is 47.2 Å². The van der Waals surface area contributed by atoms with Gasteiger partial charge < -0.3 is 30.3 Å². The molecule has 0 aliphatic heterocycles. The van der Waals surface area contributed by atoms with E-state index in [1.54, 1.807) is 13.8 Å². The van der Waals surface area contributed by atoms with Gasteiger partial charge in [0.1, 0.15) is 0 Å². The first-order valence-electron chi connectivity index (χ1n) is 20.0. The van der Waals surface area contributed by atoms with Crippen molar-refractivity contribution < 1.29 is 48.5 Å². The second-order valence-electron chi connectivity index (χ2n) is 16.3. The minimum atomic E-state index is -1.04. The summed E-state index contributed by atoms with van der Waals surface area (Å²) in [6.07, 6.45) is 24.3. The summed E-state index contributed by atoms with van der Waals surface area (Å²) in [4.78, 5) is 71.7. The zero-order valence-corrected chi connectivity index (χ0v) is 36.6. The Morgan fingerprint density at radius 1 is 0.583 bits per heavy atom. The number of carboxylic acid groups (broad SMARTS) is 2. The van der Waals surface area contributed by atoms with Gasteiger partial charge in [-0.2, -0.15) is 0 Å². The lowest BCUT2D eigenvalue weighted by Crippen LogP contribution is -2.41. The Morgan fingerprint density at radius 3 is 1.23 bits per heavy atom. The largest absolute Gasteiger partial charge is 0.481 e. The summed E-state index contributed by atoms with van der Waals surface area (Å²) in [7, 11) is 0. The predicted octanol–water partition coefficient (Wildman–Crippen LogP) is 9.32. The Balaban J connectivity index is 1.96. The quantitative estimate of drug-likeness (QED) is 0.0971. The Labute approximate surface area is 354 Å². The highest BCUT2D eigenvalue weighted by atomic mass is 16.6. The molecule has 0 saturated carbocycles. The molecule has 0 aromatic rings. The number of carbonyl (C=O) groups excluding carboxylic acids is 4. The van der Waals surface area contributed by atoms with Crippen LogP contribution >= 0.6 is 0 Å². The lowest BCUT2D eigenvalue weighted by molar-refractivity contribution is -0.137. The van der Waals surface area contributed by atoms with Crippen LogP contribution in [0.2, 0.25) is 0 Å². The molecule has 2 unspecified atom stereocenters. The van der Waals surface area contributed by atoms with Gasteiger partial charge in [-0.15, -0.1) is 0 Å². The maximum absolute atomic E-state index is 13.0. The first-order valence-corrected chi connectivity index (χ1v) is 20.0. The Morgan fingerprint density at radius 2 is 0.900 bits per heavy atom. The fourth-order valence-corrected chi connectivity index (χ4v) is 6.64. The molecular weight excluding hydrogens is 765 g/mol. The van der Waals surface area contributed by atoms with Crippen molar-refractivity contribution in [3.05, 3.63) is 130 Å². The van der Waals surface area contributed by atoms with Crippen molar-refractivity contribution in [3.8, 4) is 0 Å². The van der Waals surface area contributed by atoms with Crippen LogP contribution in [-0.2, 0) is 28.7 Å². The molecule has 0 saturated heterocycles. The summed E-state index contributed by atoms with van der Waals surface area (Å²) in [5.41, 5.74) is 5.99. The van der Waals surface area contributed by atoms with Gasteiger partial charge in [-0.3, -0.25) is 19.2 Å². The van der Waals surface area contributed by atoms with Crippen LogP contribution in [0, 0.1) is 10.8 Å². The minimum absolute atomic E-state index is 0.0806. The van der Waals surface area contributed by atoms with Crippen molar-refractivity contribution in [1.29, 1.82) is 0 Å². The molecule has 0 aromatic heterocycles. The van der Waals surface area contributed by atoms with E-state index in [1.807, 2.05) is 140 Å². The number of carbonyl (C=O) groups is 6. The summed E-state index contributed by atoms with van der Waals surface area (Å²) in [6, 6.07) is 0. The smallest absolute Gasteiger partial charge is 0.407 e. The molecule has 2 rings (SSSR count). The Kier molecular flexibility index (Phi) is 19.6. The number of ketones is 2. The SMILES string of the molecule is CC(C=CC=C(C)C=CC1=C(C)C(=O)C(OC(=O)NCCC(=O)O)CC1(C)C)=CC=CC=C(C)C=CC=C(C)C=CC1=C(C)C(=O)C(OC(=O)NCCC(=O)O)CC1(C)C. The van der Waals surface area contributed by atoms with E-state index in [0.29, 0.717) is 24.0 Å². The molecule has 2 atom stereocenters. The van der Waals surface area contributed by atoms with Gasteiger partial charge in [0, 0.05) is 25.9 Å². The number of rotatable bonds is 18. The summed E-state index contributed by atoms with van der Waals surface area (Å²) in [5.74, 6) is -2.62. The maximum atomic E-state index is 13.0. The van der Waals surface area contributed by atoms with Gasteiger partial charge >= 0.3 is 24.1 Å². The zero-order chi connectivity index (χ0) is 45.2. The van der Waals surface area contributed by atoms with Crippen molar-refractivity contribution in [2.45, 2.75) is 107 Å². The third-order valence-electron chi connectivity index (χ3n) is 9.99. The lowest BCUT2D eigenvalue weighted by atomic mass is 9.71. The van der Waals surface area contributed by atoms with E-state index in [-0.39, 0.29) is 37.5 Å². The number of aliphatic carboxylic acids is 2. The van der Waals surface area contributed by atoms with E-state index in [2.05, 4.69) is 10.6 Å². The fourth-order valence-electron chi connectivity index (χ4n) is 6.64. The lowest BCUT2D eigenvalue weighted by Gasteiger charge is -2.36. The first-order chi connectivity index (χ1) is 28.0. The van der Waals surface area contributed by atoms with E-state index in [1.165, 1.54) is 0 Å². The van der Waals surface area contributed by atoms with Gasteiger partial charge in [-0.1, -0.05) is 135 Å². The van der Waals surface area contributed by atoms with Crippen LogP contribution in [-0.4, -0.2) is 71.2 Å². The molecule has 12 heteroatoms. The van der Waals surface area contributed by atoms with Crippen molar-refractivity contribution in [1.82, 2.24) is 10.6 Å². The van der Waals surface area contributed by atoms with Gasteiger partial charge in [0.15, 0.2) is 23.8 Å². The van der Waals surface area contributed by atoms with E-state index in [4.69, 9.17) is 19.7 Å². The van der Waals surface area contributed by atoms with Crippen LogP contribution < -0.4 is 10.6 Å². The fraction of sp³-hybridized carbons (Fsp3) is 0.417. The van der Waals surface area contributed by atoms with Crippen LogP contribution in [0.3, 0.4) is 0 Å². The Bertz CT molecular complexity index is 1860. The third kappa shape index (κ3) is 17.1. The average Bonchev–Trinajstić information content (AvgIpc) is 3.13. The van der Waals surface area contributed by atoms with Crippen molar-refractivity contribution in [3.63, 3.8) is 0 Å². The predicted molar refractivity (Wildman–Crippen MR) is 234 cm³/mol. The van der Waals surface area contributed by atoms with Crippen LogP contribution in [0.5, 0.6) is 0 Å². The standard InChI is InChI=1S/C48H62N2O10/c1-31(17-13-19-33(3)21-23-37-35(5)43(55)39(29-47(37,7)8)59-45(57)49-27-25-41(51)52)15-11-12-16-32(2)18-14-20-34(4)22-24-38-36(6)44(56)40(30-48(38,9)10)60-46(58)50-28-26-42(53)54/h11-24,39-40H,25-30H2,1-10H3,(H,49,57)(H,50,58)(H,51,52)(H,53,54). The molecule has 0 fully saturated rings. The van der Waals surface area contributed by atoms with Crippen LogP contribution in [0.15, 0.2) is 130 Å². The summed E-state index contributed by atoms with van der Waals surface area (Å²) >= 11 is 0. The zero-order valence-electron chi connectivity index (χ0n) is 36.6. The van der Waals surface area contributed by atoms with Crippen molar-refractivity contribution >= 4 is 35.7 Å². The first kappa shape index (κ1) is 50.1. The molecule has 0 spiro atoms. The average molecular weight is 827 g/mol. The molecule has 12 nitrogen and oxygen atoms in total. The van der Waals surface area contributed by atoms with E-state index in [9.17, 15) is 28.8 Å². The third-order valence-corrected chi connectivity index (χ3v) is 9.99. The van der Waals surface area contributed by atoms with Crippen LogP contribution in [0.25, 0.3) is 0 Å². The van der Waals surface area contributed by atoms with E-state index in [0.717, 1.165) is 33.4 Å². The molecule has 324 valence electrons. The van der Waals surface area contributed by atoms with Crippen molar-refractivity contribution in [2.24, 2.45) is 10.8 Å². The van der Waals surface area contributed by atoms with Gasteiger partial charge in [-0.25, -0.2) is 9.59 Å². The monoisotopic (exact) mass is 826 g/mol. The summed E-state index contributed by atoms with van der Waals surface area (Å²) in [6.45, 7) is 19.2. The molecule has 0 aromatic carbocycles. The maximum Gasteiger partial charge on any atom is 0.407 e. The number of amides is 2. The minimum Gasteiger partial charge on any atom is -0.481 e. The van der Waals surface area contributed by atoms with Crippen LogP contribution in [0.4, 0.5) is 9.59 Å². The topological polar surface area (TPSA) is 185 Å². The van der Waals surface area contributed by atoms with Gasteiger partial charge in [0.25, 0.3) is 0 Å². The number of ether oxygens (including phenoxy) is 2.